The monoisotopic (exact) mass is 320 g/mol. The lowest BCUT2D eigenvalue weighted by atomic mass is 9.83. The smallest absolute Gasteiger partial charge is 0.290 e. The molecular weight excluding hydrogens is 296 g/mol. The largest absolute Gasteiger partial charge is 0.503 e. The van der Waals surface area contributed by atoms with Gasteiger partial charge < -0.3 is 19.3 Å². The molecule has 0 saturated carbocycles. The number of amides is 1. The zero-order valence-corrected chi connectivity index (χ0v) is 14.3. The predicted octanol–water partition coefficient (Wildman–Crippen LogP) is 2.15. The standard InChI is InChI=1S/C17H24N2O4/c1-17(2,3)15(21)12-13(11-7-6-10-23-11)19(9-8-18(4)5)16(22)14(12)20/h6-7,10,13,20H,8-9H2,1-5H3. The molecule has 1 N–H and O–H groups in total. The molecule has 23 heavy (non-hydrogen) atoms. The minimum absolute atomic E-state index is 0.121. The summed E-state index contributed by atoms with van der Waals surface area (Å²) in [6.45, 7) is 6.31. The van der Waals surface area contributed by atoms with E-state index in [0.717, 1.165) is 0 Å². The maximum absolute atomic E-state index is 12.8. The molecule has 1 aromatic rings. The van der Waals surface area contributed by atoms with Crippen LogP contribution in [0.5, 0.6) is 0 Å². The summed E-state index contributed by atoms with van der Waals surface area (Å²) in [6, 6.07) is 2.75. The maximum Gasteiger partial charge on any atom is 0.290 e. The molecule has 1 unspecified atom stereocenters. The molecule has 0 bridgehead atoms. The van der Waals surface area contributed by atoms with E-state index in [1.165, 1.54) is 11.2 Å². The zero-order chi connectivity index (χ0) is 17.4. The van der Waals surface area contributed by atoms with Gasteiger partial charge in [0.15, 0.2) is 11.5 Å². The molecule has 0 radical (unpaired) electrons. The van der Waals surface area contributed by atoms with Gasteiger partial charge in [-0.15, -0.1) is 0 Å². The highest BCUT2D eigenvalue weighted by Gasteiger charge is 2.46. The Labute approximate surface area is 136 Å². The molecule has 6 nitrogen and oxygen atoms in total. The van der Waals surface area contributed by atoms with Crippen molar-refractivity contribution in [1.29, 1.82) is 0 Å². The van der Waals surface area contributed by atoms with Crippen LogP contribution in [-0.2, 0) is 9.59 Å². The fraction of sp³-hybridized carbons (Fsp3) is 0.529. The number of furan rings is 1. The molecule has 1 aromatic heterocycles. The Hall–Kier alpha value is -2.08. The number of hydrogen-bond donors (Lipinski definition) is 1. The van der Waals surface area contributed by atoms with Crippen molar-refractivity contribution in [2.75, 3.05) is 27.2 Å². The Kier molecular flexibility index (Phi) is 4.66. The van der Waals surface area contributed by atoms with Gasteiger partial charge in [0, 0.05) is 18.5 Å². The first-order chi connectivity index (χ1) is 10.6. The van der Waals surface area contributed by atoms with E-state index in [4.69, 9.17) is 4.42 Å². The van der Waals surface area contributed by atoms with E-state index in [0.29, 0.717) is 18.8 Å². The van der Waals surface area contributed by atoms with Gasteiger partial charge in [0.1, 0.15) is 11.8 Å². The minimum atomic E-state index is -0.702. The molecule has 1 atom stereocenters. The number of aliphatic hydroxyl groups is 1. The molecule has 0 spiro atoms. The summed E-state index contributed by atoms with van der Waals surface area (Å²) in [7, 11) is 3.80. The van der Waals surface area contributed by atoms with Crippen molar-refractivity contribution >= 4 is 11.7 Å². The Morgan fingerprint density at radius 1 is 1.39 bits per heavy atom. The number of aliphatic hydroxyl groups excluding tert-OH is 1. The lowest BCUT2D eigenvalue weighted by Crippen LogP contribution is -2.37. The van der Waals surface area contributed by atoms with Gasteiger partial charge in [0.05, 0.1) is 11.8 Å². The van der Waals surface area contributed by atoms with Crippen molar-refractivity contribution in [3.8, 4) is 0 Å². The van der Waals surface area contributed by atoms with Crippen LogP contribution in [0.15, 0.2) is 34.1 Å². The van der Waals surface area contributed by atoms with Crippen molar-refractivity contribution in [3.05, 3.63) is 35.5 Å². The summed E-state index contributed by atoms with van der Waals surface area (Å²) < 4.78 is 5.44. The van der Waals surface area contributed by atoms with E-state index in [1.807, 2.05) is 19.0 Å². The van der Waals surface area contributed by atoms with Crippen LogP contribution in [-0.4, -0.2) is 53.8 Å². The normalized spacial score (nSPS) is 19.1. The quantitative estimate of drug-likeness (QED) is 0.900. The highest BCUT2D eigenvalue weighted by Crippen LogP contribution is 2.40. The van der Waals surface area contributed by atoms with Crippen LogP contribution in [0, 0.1) is 5.41 Å². The second-order valence-electron chi connectivity index (χ2n) is 7.06. The van der Waals surface area contributed by atoms with Gasteiger partial charge in [-0.05, 0) is 26.2 Å². The summed E-state index contributed by atoms with van der Waals surface area (Å²) in [5.74, 6) is -0.767. The van der Waals surface area contributed by atoms with Crippen LogP contribution in [0.2, 0.25) is 0 Å². The van der Waals surface area contributed by atoms with Crippen LogP contribution >= 0.6 is 0 Å². The molecule has 2 heterocycles. The van der Waals surface area contributed by atoms with Crippen LogP contribution in [0.4, 0.5) is 0 Å². The fourth-order valence-electron chi connectivity index (χ4n) is 2.57. The average molecular weight is 320 g/mol. The van der Waals surface area contributed by atoms with Crippen molar-refractivity contribution in [2.24, 2.45) is 5.41 Å². The van der Waals surface area contributed by atoms with Crippen molar-refractivity contribution < 1.29 is 19.1 Å². The fourth-order valence-corrected chi connectivity index (χ4v) is 2.57. The van der Waals surface area contributed by atoms with Gasteiger partial charge in [-0.1, -0.05) is 20.8 Å². The molecule has 1 aliphatic heterocycles. The van der Waals surface area contributed by atoms with E-state index in [2.05, 4.69) is 0 Å². The number of carbonyl (C=O) groups excluding carboxylic acids is 2. The molecule has 6 heteroatoms. The molecule has 0 saturated heterocycles. The first-order valence-electron chi connectivity index (χ1n) is 7.61. The number of likely N-dealkylation sites (N-methyl/N-ethyl adjacent to an activating group) is 1. The highest BCUT2D eigenvalue weighted by atomic mass is 16.3. The summed E-state index contributed by atoms with van der Waals surface area (Å²) in [5.41, 5.74) is -0.581. The number of carbonyl (C=O) groups is 2. The molecule has 0 aliphatic carbocycles. The molecular formula is C17H24N2O4. The zero-order valence-electron chi connectivity index (χ0n) is 14.3. The van der Waals surface area contributed by atoms with Crippen molar-refractivity contribution in [1.82, 2.24) is 9.80 Å². The topological polar surface area (TPSA) is 74.0 Å². The van der Waals surface area contributed by atoms with Gasteiger partial charge in [-0.2, -0.15) is 0 Å². The van der Waals surface area contributed by atoms with Crippen molar-refractivity contribution in [2.45, 2.75) is 26.8 Å². The van der Waals surface area contributed by atoms with E-state index >= 15 is 0 Å². The van der Waals surface area contributed by atoms with Crippen LogP contribution in [0.1, 0.15) is 32.6 Å². The maximum atomic E-state index is 12.8. The Morgan fingerprint density at radius 2 is 2.04 bits per heavy atom. The highest BCUT2D eigenvalue weighted by molar-refractivity contribution is 6.10. The van der Waals surface area contributed by atoms with Gasteiger partial charge in [-0.25, -0.2) is 0 Å². The van der Waals surface area contributed by atoms with Crippen molar-refractivity contribution in [3.63, 3.8) is 0 Å². The van der Waals surface area contributed by atoms with Gasteiger partial charge >= 0.3 is 0 Å². The third-order valence-electron chi connectivity index (χ3n) is 3.83. The predicted molar refractivity (Wildman–Crippen MR) is 85.8 cm³/mol. The summed E-state index contributed by atoms with van der Waals surface area (Å²) in [6.07, 6.45) is 1.50. The summed E-state index contributed by atoms with van der Waals surface area (Å²) in [4.78, 5) is 28.7. The number of ketones is 1. The Morgan fingerprint density at radius 3 is 2.52 bits per heavy atom. The van der Waals surface area contributed by atoms with E-state index in [-0.39, 0.29) is 11.4 Å². The van der Waals surface area contributed by atoms with Gasteiger partial charge in [-0.3, -0.25) is 9.59 Å². The lowest BCUT2D eigenvalue weighted by molar-refractivity contribution is -0.129. The van der Waals surface area contributed by atoms with Crippen LogP contribution in [0.25, 0.3) is 0 Å². The summed E-state index contributed by atoms with van der Waals surface area (Å²) >= 11 is 0. The van der Waals surface area contributed by atoms with Crippen LogP contribution in [0.3, 0.4) is 0 Å². The third-order valence-corrected chi connectivity index (χ3v) is 3.83. The first-order valence-corrected chi connectivity index (χ1v) is 7.61. The van der Waals surface area contributed by atoms with E-state index < -0.39 is 23.1 Å². The average Bonchev–Trinajstić information content (AvgIpc) is 3.03. The molecule has 0 aromatic carbocycles. The van der Waals surface area contributed by atoms with Gasteiger partial charge in [0.25, 0.3) is 5.91 Å². The second-order valence-corrected chi connectivity index (χ2v) is 7.06. The Balaban J connectivity index is 2.45. The summed E-state index contributed by atoms with van der Waals surface area (Å²) in [5, 5.41) is 10.3. The van der Waals surface area contributed by atoms with Gasteiger partial charge in [0.2, 0.25) is 0 Å². The SMILES string of the molecule is CN(C)CCN1C(=O)C(O)=C(C(=O)C(C)(C)C)C1c1ccco1. The number of nitrogens with zero attached hydrogens (tertiary/aromatic N) is 2. The number of hydrogen-bond acceptors (Lipinski definition) is 5. The third kappa shape index (κ3) is 3.32. The molecule has 126 valence electrons. The van der Waals surface area contributed by atoms with E-state index in [1.54, 1.807) is 32.9 Å². The molecule has 0 fully saturated rings. The molecule has 1 aliphatic rings. The van der Waals surface area contributed by atoms with Crippen LogP contribution < -0.4 is 0 Å². The van der Waals surface area contributed by atoms with E-state index in [9.17, 15) is 14.7 Å². The second kappa shape index (κ2) is 6.20. The minimum Gasteiger partial charge on any atom is -0.503 e. The first kappa shape index (κ1) is 17.3. The number of rotatable bonds is 5. The molecule has 2 rings (SSSR count). The lowest BCUT2D eigenvalue weighted by Gasteiger charge is -2.28. The Bertz CT molecular complexity index is 624. The number of Topliss-reactive ketones (excluding diaryl/α,β-unsaturated/α-hetero) is 1. The molecule has 1 amide bonds.